The lowest BCUT2D eigenvalue weighted by Gasteiger charge is -2.32. The molecular weight excluding hydrogens is 356 g/mol. The van der Waals surface area contributed by atoms with E-state index < -0.39 is 5.97 Å². The Bertz CT molecular complexity index is 828. The average molecular weight is 377 g/mol. The largest absolute Gasteiger partial charge is 0.476 e. The molecule has 1 aliphatic heterocycles. The molecule has 2 heterocycles. The number of aromatic carboxylic acids is 1. The third-order valence-electron chi connectivity index (χ3n) is 4.64. The summed E-state index contributed by atoms with van der Waals surface area (Å²) < 4.78 is 1.65. The fourth-order valence-corrected chi connectivity index (χ4v) is 3.37. The number of hydrogen-bond donors (Lipinski definition) is 1. The standard InChI is InChI=1S/C18H21ClN4O3/c1-3-21(4-2)18(26)22-10-9-15-14(11-22)16(17(24)25)20-23(15)13-7-5-12(19)6-8-13/h5-8H,3-4,9-11H2,1-2H3,(H,24,25). The van der Waals surface area contributed by atoms with Crippen molar-refractivity contribution in [3.63, 3.8) is 0 Å². The fraction of sp³-hybridized carbons (Fsp3) is 0.389. The van der Waals surface area contributed by atoms with Crippen LogP contribution in [0.2, 0.25) is 5.02 Å². The minimum atomic E-state index is -1.09. The van der Waals surface area contributed by atoms with Gasteiger partial charge in [-0.3, -0.25) is 0 Å². The molecule has 138 valence electrons. The predicted octanol–water partition coefficient (Wildman–Crippen LogP) is 3.04. The van der Waals surface area contributed by atoms with E-state index in [2.05, 4.69) is 5.10 Å². The highest BCUT2D eigenvalue weighted by atomic mass is 35.5. The monoisotopic (exact) mass is 376 g/mol. The van der Waals surface area contributed by atoms with Crippen molar-refractivity contribution < 1.29 is 14.7 Å². The minimum absolute atomic E-state index is 0.00741. The van der Waals surface area contributed by atoms with Crippen LogP contribution in [0.3, 0.4) is 0 Å². The topological polar surface area (TPSA) is 78.7 Å². The Morgan fingerprint density at radius 3 is 2.46 bits per heavy atom. The zero-order valence-corrected chi connectivity index (χ0v) is 15.5. The molecule has 0 fully saturated rings. The van der Waals surface area contributed by atoms with Gasteiger partial charge in [0.15, 0.2) is 5.69 Å². The van der Waals surface area contributed by atoms with Gasteiger partial charge in [-0.05, 0) is 38.1 Å². The van der Waals surface area contributed by atoms with Crippen molar-refractivity contribution in [2.45, 2.75) is 26.8 Å². The van der Waals surface area contributed by atoms with E-state index in [9.17, 15) is 14.7 Å². The third kappa shape index (κ3) is 3.26. The fourth-order valence-electron chi connectivity index (χ4n) is 3.24. The number of nitrogens with zero attached hydrogens (tertiary/aromatic N) is 4. The molecule has 0 radical (unpaired) electrons. The Morgan fingerprint density at radius 2 is 1.88 bits per heavy atom. The molecule has 2 amide bonds. The third-order valence-corrected chi connectivity index (χ3v) is 4.89. The number of hydrogen-bond acceptors (Lipinski definition) is 3. The molecule has 1 aromatic carbocycles. The van der Waals surface area contributed by atoms with Crippen molar-refractivity contribution in [2.24, 2.45) is 0 Å². The Kier molecular flexibility index (Phi) is 5.18. The number of carboxylic acids is 1. The molecule has 0 saturated carbocycles. The van der Waals surface area contributed by atoms with Crippen LogP contribution >= 0.6 is 11.6 Å². The van der Waals surface area contributed by atoms with Crippen molar-refractivity contribution in [1.82, 2.24) is 19.6 Å². The van der Waals surface area contributed by atoms with Crippen LogP contribution in [0.15, 0.2) is 24.3 Å². The summed E-state index contributed by atoms with van der Waals surface area (Å²) in [5, 5.41) is 14.5. The quantitative estimate of drug-likeness (QED) is 0.889. The second kappa shape index (κ2) is 7.37. The maximum atomic E-state index is 12.6. The highest BCUT2D eigenvalue weighted by molar-refractivity contribution is 6.30. The number of carbonyl (C=O) groups excluding carboxylic acids is 1. The molecule has 0 spiro atoms. The Hall–Kier alpha value is -2.54. The molecule has 2 aromatic rings. The number of aromatic nitrogens is 2. The van der Waals surface area contributed by atoms with Crippen molar-refractivity contribution in [2.75, 3.05) is 19.6 Å². The molecule has 1 N–H and O–H groups in total. The van der Waals surface area contributed by atoms with Crippen LogP contribution in [0.1, 0.15) is 35.6 Å². The van der Waals surface area contributed by atoms with Crippen LogP contribution in [-0.2, 0) is 13.0 Å². The summed E-state index contributed by atoms with van der Waals surface area (Å²) in [6.45, 7) is 5.87. The Labute approximate surface area is 156 Å². The maximum absolute atomic E-state index is 12.6. The number of halogens is 1. The SMILES string of the molecule is CCN(CC)C(=O)N1CCc2c(c(C(=O)O)nn2-c2ccc(Cl)cc2)C1. The van der Waals surface area contributed by atoms with E-state index >= 15 is 0 Å². The first-order chi connectivity index (χ1) is 12.5. The van der Waals surface area contributed by atoms with Gasteiger partial charge in [-0.1, -0.05) is 11.6 Å². The number of amides is 2. The maximum Gasteiger partial charge on any atom is 0.356 e. The van der Waals surface area contributed by atoms with Gasteiger partial charge in [0.1, 0.15) is 0 Å². The van der Waals surface area contributed by atoms with Gasteiger partial charge in [-0.15, -0.1) is 0 Å². The van der Waals surface area contributed by atoms with Crippen LogP contribution < -0.4 is 0 Å². The van der Waals surface area contributed by atoms with Crippen LogP contribution in [-0.4, -0.2) is 56.3 Å². The lowest BCUT2D eigenvalue weighted by atomic mass is 10.0. The van der Waals surface area contributed by atoms with E-state index in [-0.39, 0.29) is 18.3 Å². The molecule has 0 aliphatic carbocycles. The molecule has 1 aromatic heterocycles. The molecule has 26 heavy (non-hydrogen) atoms. The summed E-state index contributed by atoms with van der Waals surface area (Å²) in [4.78, 5) is 27.7. The smallest absolute Gasteiger partial charge is 0.356 e. The first-order valence-electron chi connectivity index (χ1n) is 8.60. The minimum Gasteiger partial charge on any atom is -0.476 e. The zero-order chi connectivity index (χ0) is 18.8. The first kappa shape index (κ1) is 18.3. The molecule has 8 heteroatoms. The lowest BCUT2D eigenvalue weighted by Crippen LogP contribution is -2.45. The van der Waals surface area contributed by atoms with Crippen molar-refractivity contribution in [3.05, 3.63) is 46.2 Å². The van der Waals surface area contributed by atoms with Gasteiger partial charge < -0.3 is 14.9 Å². The molecule has 0 bridgehead atoms. The van der Waals surface area contributed by atoms with E-state index in [4.69, 9.17) is 11.6 Å². The lowest BCUT2D eigenvalue weighted by molar-refractivity contribution is 0.0686. The number of fused-ring (bicyclic) bond motifs is 1. The number of benzene rings is 1. The van der Waals surface area contributed by atoms with E-state index in [1.807, 2.05) is 13.8 Å². The van der Waals surface area contributed by atoms with E-state index in [0.29, 0.717) is 36.6 Å². The van der Waals surface area contributed by atoms with E-state index in [1.165, 1.54) is 0 Å². The zero-order valence-electron chi connectivity index (χ0n) is 14.8. The van der Waals surface area contributed by atoms with Gasteiger partial charge in [0.25, 0.3) is 0 Å². The van der Waals surface area contributed by atoms with Crippen molar-refractivity contribution in [3.8, 4) is 5.69 Å². The summed E-state index contributed by atoms with van der Waals surface area (Å²) in [5.74, 6) is -1.09. The predicted molar refractivity (Wildman–Crippen MR) is 98.0 cm³/mol. The number of carbonyl (C=O) groups is 2. The van der Waals surface area contributed by atoms with Gasteiger partial charge in [0.2, 0.25) is 0 Å². The highest BCUT2D eigenvalue weighted by Crippen LogP contribution is 2.26. The van der Waals surface area contributed by atoms with Crippen LogP contribution in [0.5, 0.6) is 0 Å². The van der Waals surface area contributed by atoms with Crippen LogP contribution in [0.4, 0.5) is 4.79 Å². The van der Waals surface area contributed by atoms with E-state index in [0.717, 1.165) is 11.4 Å². The normalized spacial score (nSPS) is 13.4. The highest BCUT2D eigenvalue weighted by Gasteiger charge is 2.31. The summed E-state index contributed by atoms with van der Waals surface area (Å²) >= 11 is 5.94. The Balaban J connectivity index is 1.98. The van der Waals surface area contributed by atoms with Crippen molar-refractivity contribution in [1.29, 1.82) is 0 Å². The summed E-state index contributed by atoms with van der Waals surface area (Å²) in [5.41, 5.74) is 2.17. The van der Waals surface area contributed by atoms with Crippen molar-refractivity contribution >= 4 is 23.6 Å². The molecule has 1 aliphatic rings. The summed E-state index contributed by atoms with van der Waals surface area (Å²) in [6.07, 6.45) is 0.547. The second-order valence-corrected chi connectivity index (χ2v) is 6.53. The molecule has 7 nitrogen and oxygen atoms in total. The summed E-state index contributed by atoms with van der Waals surface area (Å²) in [6, 6.07) is 7.01. The molecule has 0 atom stereocenters. The molecule has 0 unspecified atom stereocenters. The van der Waals surface area contributed by atoms with Gasteiger partial charge >= 0.3 is 12.0 Å². The Morgan fingerprint density at radius 1 is 1.23 bits per heavy atom. The number of rotatable bonds is 4. The van der Waals surface area contributed by atoms with Gasteiger partial charge in [-0.25, -0.2) is 14.3 Å². The summed E-state index contributed by atoms with van der Waals surface area (Å²) in [7, 11) is 0. The molecule has 0 saturated heterocycles. The van der Waals surface area contributed by atoms with E-state index in [1.54, 1.807) is 38.7 Å². The van der Waals surface area contributed by atoms with Gasteiger partial charge in [0.05, 0.1) is 17.9 Å². The van der Waals surface area contributed by atoms with Gasteiger partial charge in [-0.2, -0.15) is 5.10 Å². The first-order valence-corrected chi connectivity index (χ1v) is 8.97. The average Bonchev–Trinajstić information content (AvgIpc) is 3.02. The van der Waals surface area contributed by atoms with Crippen LogP contribution in [0, 0.1) is 0 Å². The molecular formula is C18H21ClN4O3. The second-order valence-electron chi connectivity index (χ2n) is 6.09. The number of urea groups is 1. The van der Waals surface area contributed by atoms with Crippen LogP contribution in [0.25, 0.3) is 5.69 Å². The number of carboxylic acid groups (broad SMARTS) is 1. The molecule has 3 rings (SSSR count). The van der Waals surface area contributed by atoms with Gasteiger partial charge in [0, 0.05) is 36.6 Å².